The fourth-order valence-corrected chi connectivity index (χ4v) is 2.68. The summed E-state index contributed by atoms with van der Waals surface area (Å²) in [5.41, 5.74) is 1.00. The van der Waals surface area contributed by atoms with E-state index in [-0.39, 0.29) is 18.3 Å². The van der Waals surface area contributed by atoms with Gasteiger partial charge < -0.3 is 10.1 Å². The fourth-order valence-electron chi connectivity index (χ4n) is 1.74. The summed E-state index contributed by atoms with van der Waals surface area (Å²) in [5, 5.41) is 3.63. The number of nitrogens with one attached hydrogen (secondary N) is 1. The van der Waals surface area contributed by atoms with Gasteiger partial charge in [0.25, 0.3) is 5.91 Å². The first kappa shape index (κ1) is 16.4. The Morgan fingerprint density at radius 3 is 2.77 bits per heavy atom. The number of rotatable bonds is 6. The quantitative estimate of drug-likeness (QED) is 0.888. The lowest BCUT2D eigenvalue weighted by molar-refractivity contribution is -0.123. The summed E-state index contributed by atoms with van der Waals surface area (Å²) in [6.07, 6.45) is 0.635. The Morgan fingerprint density at radius 2 is 2.14 bits per heavy atom. The van der Waals surface area contributed by atoms with Gasteiger partial charge in [-0.2, -0.15) is 0 Å². The van der Waals surface area contributed by atoms with Crippen LogP contribution >= 0.6 is 11.3 Å². The molecule has 118 valence electrons. The molecular weight excluding hydrogens is 310 g/mol. The van der Waals surface area contributed by atoms with Crippen molar-refractivity contribution in [2.45, 2.75) is 20.3 Å². The second-order valence-corrected chi connectivity index (χ2v) is 6.00. The number of amides is 1. The van der Waals surface area contributed by atoms with Crippen molar-refractivity contribution in [1.82, 2.24) is 10.3 Å². The Morgan fingerprint density at radius 1 is 1.36 bits per heavy atom. The molecule has 7 heteroatoms. The molecule has 0 radical (unpaired) electrons. The van der Waals surface area contributed by atoms with Crippen LogP contribution in [0.2, 0.25) is 0 Å². The first-order valence-electron chi connectivity index (χ1n) is 6.73. The van der Waals surface area contributed by atoms with Crippen LogP contribution in [0.3, 0.4) is 0 Å². The third-order valence-electron chi connectivity index (χ3n) is 2.99. The lowest BCUT2D eigenvalue weighted by Gasteiger charge is -2.07. The van der Waals surface area contributed by atoms with E-state index in [1.807, 2.05) is 13.8 Å². The first-order valence-corrected chi connectivity index (χ1v) is 7.55. The molecule has 22 heavy (non-hydrogen) atoms. The molecule has 2 rings (SSSR count). The summed E-state index contributed by atoms with van der Waals surface area (Å²) in [4.78, 5) is 17.1. The van der Waals surface area contributed by atoms with E-state index in [9.17, 15) is 13.6 Å². The van der Waals surface area contributed by atoms with Gasteiger partial charge in [-0.05, 0) is 26.0 Å². The van der Waals surface area contributed by atoms with Gasteiger partial charge in [0.2, 0.25) is 0 Å². The Labute approximate surface area is 131 Å². The molecule has 0 atom stereocenters. The highest BCUT2D eigenvalue weighted by atomic mass is 32.1. The first-order chi connectivity index (χ1) is 10.5. The van der Waals surface area contributed by atoms with Crippen LogP contribution in [0.1, 0.15) is 15.6 Å². The van der Waals surface area contributed by atoms with Crippen molar-refractivity contribution >= 4 is 17.2 Å². The zero-order valence-corrected chi connectivity index (χ0v) is 13.1. The predicted octanol–water partition coefficient (Wildman–Crippen LogP) is 2.78. The largest absolute Gasteiger partial charge is 0.481 e. The van der Waals surface area contributed by atoms with Gasteiger partial charge >= 0.3 is 0 Å². The molecule has 0 unspecified atom stereocenters. The molecule has 2 aromatic rings. The molecule has 1 heterocycles. The van der Waals surface area contributed by atoms with Crippen molar-refractivity contribution in [1.29, 1.82) is 0 Å². The summed E-state index contributed by atoms with van der Waals surface area (Å²) in [5.74, 6) is -2.04. The standard InChI is InChI=1S/C15H16F2N2O2S/c1-9-10(2)22-15(19-9)5-6-18-14(20)8-21-13-4-3-11(16)7-12(13)17/h3-4,7H,5-6,8H2,1-2H3,(H,18,20). The number of carbonyl (C=O) groups excluding carboxylic acids is 1. The minimum atomic E-state index is -0.832. The molecule has 0 aliphatic carbocycles. The van der Waals surface area contributed by atoms with Gasteiger partial charge in [0.15, 0.2) is 18.2 Å². The summed E-state index contributed by atoms with van der Waals surface area (Å²) >= 11 is 1.60. The predicted molar refractivity (Wildman–Crippen MR) is 80.2 cm³/mol. The molecule has 0 saturated heterocycles. The topological polar surface area (TPSA) is 51.2 Å². The van der Waals surface area contributed by atoms with E-state index in [1.54, 1.807) is 11.3 Å². The number of hydrogen-bond donors (Lipinski definition) is 1. The van der Waals surface area contributed by atoms with Crippen LogP contribution in [-0.2, 0) is 11.2 Å². The van der Waals surface area contributed by atoms with Crippen LogP contribution in [0.4, 0.5) is 8.78 Å². The van der Waals surface area contributed by atoms with Gasteiger partial charge in [-0.15, -0.1) is 11.3 Å². The normalized spacial score (nSPS) is 10.5. The van der Waals surface area contributed by atoms with Crippen LogP contribution in [0, 0.1) is 25.5 Å². The average Bonchev–Trinajstić information content (AvgIpc) is 2.76. The minimum Gasteiger partial charge on any atom is -0.481 e. The molecule has 1 aromatic carbocycles. The number of carbonyl (C=O) groups is 1. The minimum absolute atomic E-state index is 0.150. The van der Waals surface area contributed by atoms with E-state index in [4.69, 9.17) is 4.74 Å². The highest BCUT2D eigenvalue weighted by Crippen LogP contribution is 2.17. The van der Waals surface area contributed by atoms with Gasteiger partial charge in [0.05, 0.1) is 10.7 Å². The Balaban J connectivity index is 1.74. The van der Waals surface area contributed by atoms with Crippen molar-refractivity contribution in [2.75, 3.05) is 13.2 Å². The van der Waals surface area contributed by atoms with E-state index >= 15 is 0 Å². The van der Waals surface area contributed by atoms with Crippen molar-refractivity contribution in [2.24, 2.45) is 0 Å². The van der Waals surface area contributed by atoms with Crippen LogP contribution in [0.15, 0.2) is 18.2 Å². The molecule has 1 N–H and O–H groups in total. The SMILES string of the molecule is Cc1nc(CCNC(=O)COc2ccc(F)cc2F)sc1C. The molecule has 0 spiro atoms. The molecular formula is C15H16F2N2O2S. The maximum atomic E-state index is 13.3. The number of hydrogen-bond acceptors (Lipinski definition) is 4. The summed E-state index contributed by atoms with van der Waals surface area (Å²) in [6.45, 7) is 4.05. The number of aryl methyl sites for hydroxylation is 2. The van der Waals surface area contributed by atoms with Crippen molar-refractivity contribution in [3.63, 3.8) is 0 Å². The molecule has 1 aromatic heterocycles. The molecule has 0 aliphatic rings. The van der Waals surface area contributed by atoms with Crippen molar-refractivity contribution < 1.29 is 18.3 Å². The average molecular weight is 326 g/mol. The Kier molecular flexibility index (Phi) is 5.43. The number of ether oxygens (including phenoxy) is 1. The van der Waals surface area contributed by atoms with Crippen molar-refractivity contribution in [3.8, 4) is 5.75 Å². The smallest absolute Gasteiger partial charge is 0.257 e. The summed E-state index contributed by atoms with van der Waals surface area (Å²) in [6, 6.07) is 2.93. The number of nitrogens with zero attached hydrogens (tertiary/aromatic N) is 1. The van der Waals surface area contributed by atoms with Gasteiger partial charge in [0, 0.05) is 23.9 Å². The second kappa shape index (κ2) is 7.31. The van der Waals surface area contributed by atoms with Gasteiger partial charge in [-0.1, -0.05) is 0 Å². The number of benzene rings is 1. The maximum Gasteiger partial charge on any atom is 0.257 e. The number of aromatic nitrogens is 1. The van der Waals surface area contributed by atoms with Crippen LogP contribution in [0.25, 0.3) is 0 Å². The second-order valence-electron chi connectivity index (χ2n) is 4.71. The zero-order valence-electron chi connectivity index (χ0n) is 12.3. The van der Waals surface area contributed by atoms with Gasteiger partial charge in [0.1, 0.15) is 5.82 Å². The summed E-state index contributed by atoms with van der Waals surface area (Å²) in [7, 11) is 0. The van der Waals surface area contributed by atoms with Gasteiger partial charge in [-0.3, -0.25) is 4.79 Å². The highest BCUT2D eigenvalue weighted by Gasteiger charge is 2.08. The third-order valence-corrected chi connectivity index (χ3v) is 4.12. The number of thiazole rings is 1. The fraction of sp³-hybridized carbons (Fsp3) is 0.333. The van der Waals surface area contributed by atoms with E-state index in [2.05, 4.69) is 10.3 Å². The van der Waals surface area contributed by atoms with Crippen LogP contribution in [0.5, 0.6) is 5.75 Å². The third kappa shape index (κ3) is 4.49. The molecule has 0 bridgehead atoms. The maximum absolute atomic E-state index is 13.3. The summed E-state index contributed by atoms with van der Waals surface area (Å²) < 4.78 is 31.0. The van der Waals surface area contributed by atoms with Crippen LogP contribution in [-0.4, -0.2) is 24.0 Å². The molecule has 0 saturated carbocycles. The Bertz CT molecular complexity index is 654. The zero-order chi connectivity index (χ0) is 16.1. The highest BCUT2D eigenvalue weighted by molar-refractivity contribution is 7.11. The van der Waals surface area contributed by atoms with E-state index in [0.717, 1.165) is 27.7 Å². The lowest BCUT2D eigenvalue weighted by Crippen LogP contribution is -2.30. The Hall–Kier alpha value is -2.02. The van der Waals surface area contributed by atoms with Crippen LogP contribution < -0.4 is 10.1 Å². The monoisotopic (exact) mass is 326 g/mol. The molecule has 0 aliphatic heterocycles. The molecule has 4 nitrogen and oxygen atoms in total. The van der Waals surface area contributed by atoms with E-state index < -0.39 is 11.6 Å². The van der Waals surface area contributed by atoms with E-state index in [1.165, 1.54) is 0 Å². The molecule has 0 fully saturated rings. The van der Waals surface area contributed by atoms with Gasteiger partial charge in [-0.25, -0.2) is 13.8 Å². The number of halogens is 2. The van der Waals surface area contributed by atoms with Crippen molar-refractivity contribution in [3.05, 3.63) is 45.4 Å². The lowest BCUT2D eigenvalue weighted by atomic mass is 10.3. The van der Waals surface area contributed by atoms with E-state index in [0.29, 0.717) is 19.0 Å². The molecule has 1 amide bonds.